The van der Waals surface area contributed by atoms with Gasteiger partial charge in [-0.1, -0.05) is 26.0 Å². The SMILES string of the molecule is C=CC1C2=CC[C@@H]([C@@H](C)[C@@H]2C)S(=O)(=O)OC2CCC2OS1(=O)=O. The van der Waals surface area contributed by atoms with E-state index in [1.165, 1.54) is 6.08 Å². The van der Waals surface area contributed by atoms with Crippen LogP contribution in [0.15, 0.2) is 24.3 Å². The average molecular weight is 362 g/mol. The van der Waals surface area contributed by atoms with Crippen molar-refractivity contribution in [3.05, 3.63) is 24.3 Å². The Labute approximate surface area is 137 Å². The average Bonchev–Trinajstić information content (AvgIpc) is 2.46. The van der Waals surface area contributed by atoms with Crippen LogP contribution in [0.25, 0.3) is 0 Å². The van der Waals surface area contributed by atoms with Crippen molar-refractivity contribution in [2.75, 3.05) is 0 Å². The third-order valence-corrected chi connectivity index (χ3v) is 8.86. The Morgan fingerprint density at radius 3 is 2.17 bits per heavy atom. The molecule has 6 atom stereocenters. The fourth-order valence-electron chi connectivity index (χ4n) is 3.59. The predicted octanol–water partition coefficient (Wildman–Crippen LogP) is 1.75. The fraction of sp³-hybridized carbons (Fsp3) is 0.733. The summed E-state index contributed by atoms with van der Waals surface area (Å²) in [6, 6.07) is 0. The van der Waals surface area contributed by atoms with Crippen molar-refractivity contribution < 1.29 is 25.2 Å². The molecule has 0 radical (unpaired) electrons. The van der Waals surface area contributed by atoms with E-state index in [1.807, 2.05) is 13.8 Å². The summed E-state index contributed by atoms with van der Waals surface area (Å²) in [7, 11) is -7.68. The lowest BCUT2D eigenvalue weighted by atomic mass is 9.79. The maximum Gasteiger partial charge on any atom is 0.278 e. The predicted molar refractivity (Wildman–Crippen MR) is 85.6 cm³/mol. The molecule has 1 saturated heterocycles. The molecule has 3 unspecified atom stereocenters. The smallest absolute Gasteiger partial charge is 0.264 e. The normalized spacial score (nSPS) is 45.0. The molecule has 4 aliphatic rings. The summed E-state index contributed by atoms with van der Waals surface area (Å²) < 4.78 is 60.9. The summed E-state index contributed by atoms with van der Waals surface area (Å²) >= 11 is 0. The fourth-order valence-corrected chi connectivity index (χ4v) is 6.95. The molecule has 2 bridgehead atoms. The van der Waals surface area contributed by atoms with E-state index >= 15 is 0 Å². The molecule has 2 aliphatic heterocycles. The van der Waals surface area contributed by atoms with Gasteiger partial charge >= 0.3 is 0 Å². The van der Waals surface area contributed by atoms with Gasteiger partial charge in [0.25, 0.3) is 20.2 Å². The third-order valence-electron chi connectivity index (χ3n) is 5.38. The number of rotatable bonds is 1. The summed E-state index contributed by atoms with van der Waals surface area (Å²) in [4.78, 5) is 0. The van der Waals surface area contributed by atoms with Crippen LogP contribution in [-0.2, 0) is 28.6 Å². The van der Waals surface area contributed by atoms with Crippen LogP contribution in [0.1, 0.15) is 33.1 Å². The van der Waals surface area contributed by atoms with Gasteiger partial charge in [-0.15, -0.1) is 6.58 Å². The van der Waals surface area contributed by atoms with Gasteiger partial charge in [0.2, 0.25) is 0 Å². The number of hydrogen-bond acceptors (Lipinski definition) is 6. The minimum Gasteiger partial charge on any atom is -0.264 e. The molecular formula is C15H22O6S2. The van der Waals surface area contributed by atoms with Crippen LogP contribution in [-0.4, -0.2) is 39.5 Å². The Morgan fingerprint density at radius 1 is 1.09 bits per heavy atom. The second-order valence-corrected chi connectivity index (χ2v) is 10.1. The lowest BCUT2D eigenvalue weighted by Gasteiger charge is -2.36. The number of fused-ring (bicyclic) bond motifs is 5. The van der Waals surface area contributed by atoms with E-state index in [0.717, 1.165) is 0 Å². The molecule has 0 amide bonds. The molecule has 0 N–H and O–H groups in total. The zero-order chi connectivity index (χ0) is 17.0. The Bertz CT molecular complexity index is 736. The monoisotopic (exact) mass is 362 g/mol. The van der Waals surface area contributed by atoms with Gasteiger partial charge in [-0.05, 0) is 36.7 Å². The van der Waals surface area contributed by atoms with Crippen molar-refractivity contribution in [3.8, 4) is 0 Å². The highest BCUT2D eigenvalue weighted by molar-refractivity contribution is 7.88. The van der Waals surface area contributed by atoms with Crippen molar-refractivity contribution >= 4 is 20.2 Å². The van der Waals surface area contributed by atoms with Crippen LogP contribution in [0.3, 0.4) is 0 Å². The quantitative estimate of drug-likeness (QED) is 0.522. The first-order valence-electron chi connectivity index (χ1n) is 7.84. The van der Waals surface area contributed by atoms with Crippen molar-refractivity contribution in [1.29, 1.82) is 0 Å². The summed E-state index contributed by atoms with van der Waals surface area (Å²) in [5.41, 5.74) is 0.664. The molecule has 0 spiro atoms. The van der Waals surface area contributed by atoms with Gasteiger partial charge in [-0.2, -0.15) is 16.8 Å². The molecule has 130 valence electrons. The highest BCUT2D eigenvalue weighted by Gasteiger charge is 2.48. The first-order valence-corrected chi connectivity index (χ1v) is 10.8. The van der Waals surface area contributed by atoms with Gasteiger partial charge in [0, 0.05) is 0 Å². The van der Waals surface area contributed by atoms with E-state index < -0.39 is 42.9 Å². The summed E-state index contributed by atoms with van der Waals surface area (Å²) in [5.74, 6) is -0.460. The minimum absolute atomic E-state index is 0.218. The number of allylic oxidation sites excluding steroid dienone is 1. The molecule has 1 saturated carbocycles. The topological polar surface area (TPSA) is 86.7 Å². The van der Waals surface area contributed by atoms with Gasteiger partial charge in [-0.3, -0.25) is 8.37 Å². The third kappa shape index (κ3) is 2.79. The van der Waals surface area contributed by atoms with Crippen LogP contribution < -0.4 is 0 Å². The molecule has 0 aromatic heterocycles. The van der Waals surface area contributed by atoms with E-state index in [4.69, 9.17) is 8.37 Å². The Balaban J connectivity index is 2.12. The molecule has 2 aliphatic carbocycles. The highest BCUT2D eigenvalue weighted by atomic mass is 32.2. The molecular weight excluding hydrogens is 340 g/mol. The first kappa shape index (κ1) is 17.1. The van der Waals surface area contributed by atoms with Crippen molar-refractivity contribution in [1.82, 2.24) is 0 Å². The summed E-state index contributed by atoms with van der Waals surface area (Å²) in [6.45, 7) is 7.32. The molecule has 6 nitrogen and oxygen atoms in total. The minimum atomic E-state index is -3.91. The largest absolute Gasteiger partial charge is 0.278 e. The van der Waals surface area contributed by atoms with Crippen molar-refractivity contribution in [3.63, 3.8) is 0 Å². The van der Waals surface area contributed by atoms with Crippen LogP contribution in [0.2, 0.25) is 0 Å². The highest BCUT2D eigenvalue weighted by Crippen LogP contribution is 2.42. The molecule has 2 fully saturated rings. The molecule has 2 heterocycles. The molecule has 0 aromatic carbocycles. The zero-order valence-corrected chi connectivity index (χ0v) is 14.8. The lowest BCUT2D eigenvalue weighted by Crippen LogP contribution is -2.46. The van der Waals surface area contributed by atoms with E-state index in [9.17, 15) is 16.8 Å². The molecule has 8 heteroatoms. The number of hydrogen-bond donors (Lipinski definition) is 0. The van der Waals surface area contributed by atoms with Crippen LogP contribution in [0.4, 0.5) is 0 Å². The van der Waals surface area contributed by atoms with E-state index in [-0.39, 0.29) is 18.3 Å². The Kier molecular flexibility index (Phi) is 4.23. The summed E-state index contributed by atoms with van der Waals surface area (Å²) in [5, 5.41) is -1.60. The second kappa shape index (κ2) is 5.68. The van der Waals surface area contributed by atoms with E-state index in [1.54, 1.807) is 6.08 Å². The van der Waals surface area contributed by atoms with E-state index in [0.29, 0.717) is 18.4 Å². The van der Waals surface area contributed by atoms with Crippen LogP contribution >= 0.6 is 0 Å². The van der Waals surface area contributed by atoms with Gasteiger partial charge in [0.15, 0.2) is 0 Å². The maximum absolute atomic E-state index is 12.6. The first-order chi connectivity index (χ1) is 10.7. The standard InChI is InChI=1S/C15H22O6S2/c1-4-14-11-5-8-15(10(3)9(11)2)23(18,19)21-13-7-6-12(13)20-22(14,16)17/h4-5,9-10,12-15H,1,6-8H2,2-3H3/t9-,10-,12?,13?,14?,15-/m0/s1. The maximum atomic E-state index is 12.6. The van der Waals surface area contributed by atoms with Gasteiger partial charge < -0.3 is 0 Å². The van der Waals surface area contributed by atoms with Crippen molar-refractivity contribution in [2.45, 2.75) is 55.8 Å². The lowest BCUT2D eigenvalue weighted by molar-refractivity contribution is -0.0132. The zero-order valence-electron chi connectivity index (χ0n) is 13.2. The molecule has 4 rings (SSSR count). The van der Waals surface area contributed by atoms with Gasteiger partial charge in [0.1, 0.15) is 17.5 Å². The van der Waals surface area contributed by atoms with Gasteiger partial charge in [0.05, 0.1) is 5.25 Å². The molecule has 23 heavy (non-hydrogen) atoms. The van der Waals surface area contributed by atoms with Crippen molar-refractivity contribution in [2.24, 2.45) is 11.8 Å². The van der Waals surface area contributed by atoms with Crippen LogP contribution in [0, 0.1) is 11.8 Å². The Morgan fingerprint density at radius 2 is 1.65 bits per heavy atom. The molecule has 0 aromatic rings. The van der Waals surface area contributed by atoms with Crippen LogP contribution in [0.5, 0.6) is 0 Å². The Hall–Kier alpha value is -0.700. The van der Waals surface area contributed by atoms with Gasteiger partial charge in [-0.25, -0.2) is 0 Å². The summed E-state index contributed by atoms with van der Waals surface area (Å²) in [6.07, 6.45) is 2.82. The second-order valence-electron chi connectivity index (χ2n) is 6.61. The van der Waals surface area contributed by atoms with E-state index in [2.05, 4.69) is 6.58 Å².